The molecule has 3 aromatic carbocycles. The third-order valence-corrected chi connectivity index (χ3v) is 7.21. The molecular weight excluding hydrogens is 486 g/mol. The maximum Gasteiger partial charge on any atom is 0.251 e. The third kappa shape index (κ3) is 5.83. The topological polar surface area (TPSA) is 121 Å². The summed E-state index contributed by atoms with van der Waals surface area (Å²) in [5.74, 6) is -1.43. The van der Waals surface area contributed by atoms with E-state index >= 15 is 0 Å². The summed E-state index contributed by atoms with van der Waals surface area (Å²) in [6.45, 7) is 7.70. The first kappa shape index (κ1) is 26.0. The molecule has 1 aromatic heterocycles. The van der Waals surface area contributed by atoms with Crippen LogP contribution in [0.5, 0.6) is 5.75 Å². The van der Waals surface area contributed by atoms with Crippen molar-refractivity contribution in [1.82, 2.24) is 10.3 Å². The van der Waals surface area contributed by atoms with E-state index in [-0.39, 0.29) is 24.1 Å². The second-order valence-corrected chi connectivity index (χ2v) is 9.78. The van der Waals surface area contributed by atoms with Gasteiger partial charge in [0, 0.05) is 42.1 Å². The number of nitrogens with two attached hydrogens (primary N) is 1. The van der Waals surface area contributed by atoms with Crippen molar-refractivity contribution >= 4 is 49.9 Å². The van der Waals surface area contributed by atoms with Gasteiger partial charge in [-0.1, -0.05) is 29.5 Å². The number of para-hydroxylation sites is 1. The minimum Gasteiger partial charge on any atom is -0.507 e. The van der Waals surface area contributed by atoms with E-state index in [4.69, 9.17) is 5.73 Å². The highest BCUT2D eigenvalue weighted by molar-refractivity contribution is 7.22. The lowest BCUT2D eigenvalue weighted by Gasteiger charge is -2.21. The minimum atomic E-state index is -0.818. The Morgan fingerprint density at radius 2 is 1.81 bits per heavy atom. The van der Waals surface area contributed by atoms with E-state index in [0.717, 1.165) is 29.0 Å². The molecule has 0 saturated carbocycles. The summed E-state index contributed by atoms with van der Waals surface area (Å²) in [5.41, 5.74) is 9.77. The molecule has 2 amide bonds. The summed E-state index contributed by atoms with van der Waals surface area (Å²) >= 11 is 1.34. The number of carbonyl (C=O) groups is 2. The maximum atomic E-state index is 13.4. The number of carbonyl (C=O) groups excluding carboxylic acids is 2. The van der Waals surface area contributed by atoms with Crippen molar-refractivity contribution in [3.05, 3.63) is 77.4 Å². The van der Waals surface area contributed by atoms with Gasteiger partial charge in [0.2, 0.25) is 5.91 Å². The van der Waals surface area contributed by atoms with Crippen molar-refractivity contribution in [3.8, 4) is 5.75 Å². The first-order valence-electron chi connectivity index (χ1n) is 12.2. The summed E-state index contributed by atoms with van der Waals surface area (Å²) in [5, 5.41) is 17.0. The van der Waals surface area contributed by atoms with Crippen LogP contribution in [-0.2, 0) is 4.79 Å². The Hall–Kier alpha value is -4.11. The average molecular weight is 518 g/mol. The number of benzene rings is 3. The Balaban J connectivity index is 1.54. The smallest absolute Gasteiger partial charge is 0.251 e. The van der Waals surface area contributed by atoms with E-state index in [1.807, 2.05) is 18.2 Å². The van der Waals surface area contributed by atoms with Gasteiger partial charge in [0.25, 0.3) is 5.91 Å². The van der Waals surface area contributed by atoms with Crippen LogP contribution in [0.1, 0.15) is 41.3 Å². The van der Waals surface area contributed by atoms with Crippen molar-refractivity contribution in [2.45, 2.75) is 26.7 Å². The zero-order chi connectivity index (χ0) is 26.5. The van der Waals surface area contributed by atoms with E-state index in [9.17, 15) is 14.7 Å². The largest absolute Gasteiger partial charge is 0.507 e. The van der Waals surface area contributed by atoms with Crippen LogP contribution in [0, 0.1) is 6.92 Å². The second-order valence-electron chi connectivity index (χ2n) is 8.72. The Morgan fingerprint density at radius 1 is 1.08 bits per heavy atom. The van der Waals surface area contributed by atoms with Gasteiger partial charge < -0.3 is 26.4 Å². The van der Waals surface area contributed by atoms with Crippen molar-refractivity contribution in [2.75, 3.05) is 35.6 Å². The molecule has 0 radical (unpaired) electrons. The molecule has 192 valence electrons. The molecule has 9 heteroatoms. The Bertz CT molecular complexity index is 1410. The molecule has 0 spiro atoms. The standard InChI is InChI=1S/C28H31N5O3S/c1-4-33(5-2)20-12-9-18(10-13-20)26(35)30-16-22(21-8-6-7-17(3)25(21)34)27(36)31-19-11-14-23-24(15-19)37-28(29)32-23/h6-15,22,34H,4-5,16H2,1-3H3,(H2,29,32)(H,30,35)(H,31,36). The van der Waals surface area contributed by atoms with Crippen LogP contribution < -0.4 is 21.3 Å². The van der Waals surface area contributed by atoms with Crippen LogP contribution in [0.15, 0.2) is 60.7 Å². The fourth-order valence-corrected chi connectivity index (χ4v) is 5.04. The number of aryl methyl sites for hydroxylation is 1. The van der Waals surface area contributed by atoms with E-state index in [1.165, 1.54) is 11.3 Å². The van der Waals surface area contributed by atoms with Gasteiger partial charge in [-0.3, -0.25) is 9.59 Å². The fraction of sp³-hybridized carbons (Fsp3) is 0.250. The van der Waals surface area contributed by atoms with Crippen molar-refractivity contribution in [1.29, 1.82) is 0 Å². The summed E-state index contributed by atoms with van der Waals surface area (Å²) in [6.07, 6.45) is 0. The molecule has 1 unspecified atom stereocenters. The quantitative estimate of drug-likeness (QED) is 0.251. The van der Waals surface area contributed by atoms with E-state index in [1.54, 1.807) is 49.4 Å². The molecule has 8 nitrogen and oxygen atoms in total. The molecule has 0 aliphatic heterocycles. The number of amides is 2. The molecule has 0 aliphatic carbocycles. The van der Waals surface area contributed by atoms with Crippen LogP contribution in [0.4, 0.5) is 16.5 Å². The van der Waals surface area contributed by atoms with E-state index in [0.29, 0.717) is 27.5 Å². The van der Waals surface area contributed by atoms with Gasteiger partial charge in [-0.05, 0) is 68.8 Å². The van der Waals surface area contributed by atoms with Crippen LogP contribution in [0.3, 0.4) is 0 Å². The van der Waals surface area contributed by atoms with Gasteiger partial charge >= 0.3 is 0 Å². The highest BCUT2D eigenvalue weighted by Crippen LogP contribution is 2.31. The van der Waals surface area contributed by atoms with Crippen LogP contribution in [0.25, 0.3) is 10.2 Å². The lowest BCUT2D eigenvalue weighted by molar-refractivity contribution is -0.117. The lowest BCUT2D eigenvalue weighted by atomic mass is 9.94. The van der Waals surface area contributed by atoms with Gasteiger partial charge in [0.05, 0.1) is 16.1 Å². The number of nitrogen functional groups attached to an aromatic ring is 1. The van der Waals surface area contributed by atoms with E-state index in [2.05, 4.69) is 34.4 Å². The van der Waals surface area contributed by atoms with Crippen LogP contribution in [-0.4, -0.2) is 41.5 Å². The monoisotopic (exact) mass is 517 g/mol. The molecule has 1 heterocycles. The van der Waals surface area contributed by atoms with Gasteiger partial charge in [-0.2, -0.15) is 0 Å². The molecule has 4 rings (SSSR count). The molecule has 37 heavy (non-hydrogen) atoms. The molecular formula is C28H31N5O3S. The molecule has 0 aliphatic rings. The molecule has 1 atom stereocenters. The maximum absolute atomic E-state index is 13.4. The number of hydrogen-bond acceptors (Lipinski definition) is 7. The number of nitrogens with zero attached hydrogens (tertiary/aromatic N) is 2. The predicted molar refractivity (Wildman–Crippen MR) is 151 cm³/mol. The number of fused-ring (bicyclic) bond motifs is 1. The zero-order valence-corrected chi connectivity index (χ0v) is 21.9. The van der Waals surface area contributed by atoms with Crippen LogP contribution in [0.2, 0.25) is 0 Å². The summed E-state index contributed by atoms with van der Waals surface area (Å²) in [4.78, 5) is 32.8. The number of aromatic hydroxyl groups is 1. The predicted octanol–water partition coefficient (Wildman–Crippen LogP) is 4.89. The highest BCUT2D eigenvalue weighted by atomic mass is 32.1. The average Bonchev–Trinajstić information content (AvgIpc) is 3.26. The Kier molecular flexibility index (Phi) is 7.93. The highest BCUT2D eigenvalue weighted by Gasteiger charge is 2.25. The number of hydrogen-bond donors (Lipinski definition) is 4. The number of nitrogens with one attached hydrogen (secondary N) is 2. The van der Waals surface area contributed by atoms with Gasteiger partial charge in [0.1, 0.15) is 5.75 Å². The number of phenolic OH excluding ortho intramolecular Hbond substituents is 1. The SMILES string of the molecule is CCN(CC)c1ccc(C(=O)NCC(C(=O)Nc2ccc3nc(N)sc3c2)c2cccc(C)c2O)cc1. The number of phenols is 1. The Labute approximate surface area is 220 Å². The fourth-order valence-electron chi connectivity index (χ4n) is 4.27. The Morgan fingerprint density at radius 3 is 2.51 bits per heavy atom. The second kappa shape index (κ2) is 11.3. The zero-order valence-electron chi connectivity index (χ0n) is 21.1. The summed E-state index contributed by atoms with van der Waals surface area (Å²) in [7, 11) is 0. The normalized spacial score (nSPS) is 11.8. The molecule has 5 N–H and O–H groups in total. The van der Waals surface area contributed by atoms with Crippen LogP contribution >= 0.6 is 11.3 Å². The van der Waals surface area contributed by atoms with Crippen molar-refractivity contribution in [2.24, 2.45) is 0 Å². The van der Waals surface area contributed by atoms with Crippen molar-refractivity contribution < 1.29 is 14.7 Å². The summed E-state index contributed by atoms with van der Waals surface area (Å²) in [6, 6.07) is 18.0. The number of rotatable bonds is 9. The first-order chi connectivity index (χ1) is 17.8. The number of thiazole rings is 1. The first-order valence-corrected chi connectivity index (χ1v) is 13.0. The van der Waals surface area contributed by atoms with Gasteiger partial charge in [-0.25, -0.2) is 4.98 Å². The number of aromatic nitrogens is 1. The molecule has 0 fully saturated rings. The molecule has 0 bridgehead atoms. The molecule has 4 aromatic rings. The summed E-state index contributed by atoms with van der Waals surface area (Å²) < 4.78 is 0.853. The van der Waals surface area contributed by atoms with Crippen molar-refractivity contribution in [3.63, 3.8) is 0 Å². The van der Waals surface area contributed by atoms with E-state index < -0.39 is 5.92 Å². The van der Waals surface area contributed by atoms with Gasteiger partial charge in [0.15, 0.2) is 5.13 Å². The minimum absolute atomic E-state index is 0.00915. The third-order valence-electron chi connectivity index (χ3n) is 6.36. The number of anilines is 3. The molecule has 0 saturated heterocycles. The van der Waals surface area contributed by atoms with Gasteiger partial charge in [-0.15, -0.1) is 0 Å². The lowest BCUT2D eigenvalue weighted by Crippen LogP contribution is -2.34.